The Morgan fingerprint density at radius 1 is 1.22 bits per heavy atom. The van der Waals surface area contributed by atoms with Gasteiger partial charge >= 0.3 is 12.1 Å². The Hall–Kier alpha value is -3.12. The molecule has 0 amide bonds. The molecule has 12 heteroatoms. The van der Waals surface area contributed by atoms with Crippen LogP contribution in [0.2, 0.25) is 0 Å². The molecule has 0 unspecified atom stereocenters. The van der Waals surface area contributed by atoms with Crippen LogP contribution in [0.3, 0.4) is 0 Å². The van der Waals surface area contributed by atoms with Crippen LogP contribution in [0.1, 0.15) is 4.88 Å². The number of carboxylic acid groups (broad SMARTS) is 1. The number of carbonyl (C=O) groups is 1. The van der Waals surface area contributed by atoms with Crippen molar-refractivity contribution >= 4 is 28.7 Å². The average Bonchev–Trinajstić information content (AvgIpc) is 3.42. The van der Waals surface area contributed by atoms with Gasteiger partial charge in [0.1, 0.15) is 5.01 Å². The summed E-state index contributed by atoms with van der Waals surface area (Å²) < 4.78 is 33.5. The topological polar surface area (TPSA) is 95.3 Å². The van der Waals surface area contributed by atoms with Gasteiger partial charge < -0.3 is 20.6 Å². The van der Waals surface area contributed by atoms with Crippen molar-refractivity contribution < 1.29 is 23.1 Å². The zero-order valence-corrected chi connectivity index (χ0v) is 18.1. The minimum absolute atomic E-state index is 0.783. The second kappa shape index (κ2) is 10.5. The second-order valence-electron chi connectivity index (χ2n) is 6.97. The van der Waals surface area contributed by atoms with Gasteiger partial charge in [-0.25, -0.2) is 9.78 Å². The van der Waals surface area contributed by atoms with Gasteiger partial charge in [0.25, 0.3) is 0 Å². The van der Waals surface area contributed by atoms with Crippen LogP contribution in [0, 0.1) is 0 Å². The monoisotopic (exact) mass is 468 g/mol. The Labute approximate surface area is 186 Å². The molecule has 8 nitrogen and oxygen atoms in total. The van der Waals surface area contributed by atoms with E-state index in [4.69, 9.17) is 9.90 Å². The second-order valence-corrected chi connectivity index (χ2v) is 8.09. The molecule has 1 saturated heterocycles. The van der Waals surface area contributed by atoms with Crippen molar-refractivity contribution in [3.05, 3.63) is 47.7 Å². The first-order chi connectivity index (χ1) is 15.2. The molecule has 1 aliphatic heterocycles. The highest BCUT2D eigenvalue weighted by Crippen LogP contribution is 2.25. The maximum atomic E-state index is 10.6. The fourth-order valence-corrected chi connectivity index (χ4v) is 3.78. The van der Waals surface area contributed by atoms with E-state index in [-0.39, 0.29) is 0 Å². The van der Waals surface area contributed by atoms with E-state index in [2.05, 4.69) is 49.9 Å². The highest BCUT2D eigenvalue weighted by molar-refractivity contribution is 7.15. The molecule has 3 aromatic rings. The number of thiazole rings is 1. The van der Waals surface area contributed by atoms with Crippen LogP contribution >= 0.6 is 11.3 Å². The van der Waals surface area contributed by atoms with E-state index < -0.39 is 12.1 Å². The number of rotatable bonds is 5. The molecular formula is C20H23F3N6O2S. The molecule has 172 valence electrons. The molecule has 3 heterocycles. The zero-order chi connectivity index (χ0) is 23.1. The van der Waals surface area contributed by atoms with Gasteiger partial charge in [-0.3, -0.25) is 4.68 Å². The smallest absolute Gasteiger partial charge is 0.475 e. The molecule has 0 saturated carbocycles. The Morgan fingerprint density at radius 3 is 2.44 bits per heavy atom. The number of aliphatic carboxylic acids is 1. The van der Waals surface area contributed by atoms with Gasteiger partial charge in [-0.1, -0.05) is 0 Å². The molecule has 32 heavy (non-hydrogen) atoms. The molecule has 1 fully saturated rings. The number of benzene rings is 1. The summed E-state index contributed by atoms with van der Waals surface area (Å²) >= 11 is 1.70. The van der Waals surface area contributed by atoms with E-state index >= 15 is 0 Å². The SMILES string of the molecule is Cn1cc(-c2ncc(CNc3ccc(N4CCNCC4)cc3)s2)cn1.O=C(O)C(F)(F)F. The van der Waals surface area contributed by atoms with Crippen molar-refractivity contribution in [1.82, 2.24) is 20.1 Å². The Balaban J connectivity index is 0.000000360. The number of nitrogens with zero attached hydrogens (tertiary/aromatic N) is 4. The van der Waals surface area contributed by atoms with Crippen molar-refractivity contribution in [3.8, 4) is 10.6 Å². The predicted molar refractivity (Wildman–Crippen MR) is 117 cm³/mol. The Morgan fingerprint density at radius 2 is 1.88 bits per heavy atom. The van der Waals surface area contributed by atoms with E-state index in [0.717, 1.165) is 49.0 Å². The number of hydrogen-bond donors (Lipinski definition) is 3. The summed E-state index contributed by atoms with van der Waals surface area (Å²) in [5.74, 6) is -2.76. The normalized spacial score (nSPS) is 13.9. The van der Waals surface area contributed by atoms with Crippen molar-refractivity contribution in [2.75, 3.05) is 36.4 Å². The number of anilines is 2. The Kier molecular flexibility index (Phi) is 7.70. The van der Waals surface area contributed by atoms with Crippen molar-refractivity contribution in [1.29, 1.82) is 0 Å². The van der Waals surface area contributed by atoms with Crippen LogP contribution in [0.25, 0.3) is 10.6 Å². The average molecular weight is 469 g/mol. The molecule has 3 N–H and O–H groups in total. The number of aromatic nitrogens is 3. The number of aryl methyl sites for hydroxylation is 1. The molecule has 0 aliphatic carbocycles. The summed E-state index contributed by atoms with van der Waals surface area (Å²) in [4.78, 5) is 17.0. The van der Waals surface area contributed by atoms with Crippen LogP contribution in [0.4, 0.5) is 24.5 Å². The van der Waals surface area contributed by atoms with Crippen LogP contribution in [-0.4, -0.2) is 58.2 Å². The number of piperazine rings is 1. The highest BCUT2D eigenvalue weighted by Gasteiger charge is 2.38. The number of hydrogen-bond acceptors (Lipinski definition) is 7. The minimum Gasteiger partial charge on any atom is -0.475 e. The lowest BCUT2D eigenvalue weighted by molar-refractivity contribution is -0.192. The van der Waals surface area contributed by atoms with E-state index in [1.165, 1.54) is 10.6 Å². The van der Waals surface area contributed by atoms with Gasteiger partial charge in [-0.15, -0.1) is 11.3 Å². The first-order valence-electron chi connectivity index (χ1n) is 9.76. The van der Waals surface area contributed by atoms with Gasteiger partial charge in [-0.05, 0) is 24.3 Å². The van der Waals surface area contributed by atoms with E-state index in [1.807, 2.05) is 25.6 Å². The third-order valence-electron chi connectivity index (χ3n) is 4.56. The van der Waals surface area contributed by atoms with Gasteiger partial charge in [0.05, 0.1) is 12.7 Å². The molecule has 0 radical (unpaired) electrons. The first kappa shape index (κ1) is 23.5. The molecule has 2 aromatic heterocycles. The fraction of sp³-hybridized carbons (Fsp3) is 0.350. The molecule has 1 aliphatic rings. The zero-order valence-electron chi connectivity index (χ0n) is 17.3. The summed E-state index contributed by atoms with van der Waals surface area (Å²) in [6.45, 7) is 5.05. The maximum absolute atomic E-state index is 10.6. The summed E-state index contributed by atoms with van der Waals surface area (Å²) in [7, 11) is 1.92. The molecule has 0 bridgehead atoms. The largest absolute Gasteiger partial charge is 0.490 e. The minimum atomic E-state index is -5.08. The van der Waals surface area contributed by atoms with E-state index in [9.17, 15) is 13.2 Å². The van der Waals surface area contributed by atoms with Crippen molar-refractivity contribution in [3.63, 3.8) is 0 Å². The lowest BCUT2D eigenvalue weighted by Crippen LogP contribution is -2.43. The third kappa shape index (κ3) is 6.69. The van der Waals surface area contributed by atoms with Crippen LogP contribution < -0.4 is 15.5 Å². The van der Waals surface area contributed by atoms with Crippen molar-refractivity contribution in [2.45, 2.75) is 12.7 Å². The van der Waals surface area contributed by atoms with Crippen LogP contribution in [-0.2, 0) is 18.4 Å². The number of alkyl halides is 3. The van der Waals surface area contributed by atoms with E-state index in [1.54, 1.807) is 16.0 Å². The molecule has 0 spiro atoms. The van der Waals surface area contributed by atoms with Crippen molar-refractivity contribution in [2.24, 2.45) is 7.05 Å². The van der Waals surface area contributed by atoms with E-state index in [0.29, 0.717) is 0 Å². The molecule has 0 atom stereocenters. The maximum Gasteiger partial charge on any atom is 0.490 e. The molecular weight excluding hydrogens is 445 g/mol. The standard InChI is InChI=1S/C18H22N6S.C2HF3O2/c1-23-13-14(10-22-23)18-21-12-17(25-18)11-20-15-2-4-16(5-3-15)24-8-6-19-7-9-24;3-2(4,5)1(6)7/h2-5,10,12-13,19-20H,6-9,11H2,1H3;(H,6,7). The quantitative estimate of drug-likeness (QED) is 0.529. The first-order valence-corrected chi connectivity index (χ1v) is 10.6. The lowest BCUT2D eigenvalue weighted by atomic mass is 10.2. The summed E-state index contributed by atoms with van der Waals surface area (Å²) in [6, 6.07) is 8.70. The number of halogens is 3. The number of nitrogens with one attached hydrogen (secondary N) is 2. The highest BCUT2D eigenvalue weighted by atomic mass is 32.1. The third-order valence-corrected chi connectivity index (χ3v) is 5.61. The van der Waals surface area contributed by atoms with Crippen LogP contribution in [0.5, 0.6) is 0 Å². The van der Waals surface area contributed by atoms with Crippen LogP contribution in [0.15, 0.2) is 42.9 Å². The van der Waals surface area contributed by atoms with Gasteiger partial charge in [0, 0.05) is 67.4 Å². The molecule has 4 rings (SSSR count). The van der Waals surface area contributed by atoms with Gasteiger partial charge in [0.15, 0.2) is 0 Å². The molecule has 1 aromatic carbocycles. The summed E-state index contributed by atoms with van der Waals surface area (Å²) in [5, 5.41) is 19.2. The lowest BCUT2D eigenvalue weighted by Gasteiger charge is -2.29. The number of carboxylic acids is 1. The predicted octanol–water partition coefficient (Wildman–Crippen LogP) is 3.20. The van der Waals surface area contributed by atoms with Gasteiger partial charge in [0.2, 0.25) is 0 Å². The Bertz CT molecular complexity index is 1010. The fourth-order valence-electron chi connectivity index (χ4n) is 2.96. The summed E-state index contributed by atoms with van der Waals surface area (Å²) in [6.07, 6.45) is 0.699. The van der Waals surface area contributed by atoms with Gasteiger partial charge in [-0.2, -0.15) is 18.3 Å². The summed E-state index contributed by atoms with van der Waals surface area (Å²) in [5.41, 5.74) is 3.50.